The van der Waals surface area contributed by atoms with Gasteiger partial charge in [0.15, 0.2) is 0 Å². The highest BCUT2D eigenvalue weighted by atomic mass is 16.4. The Morgan fingerprint density at radius 3 is 1.90 bits per heavy atom. The van der Waals surface area contributed by atoms with Crippen LogP contribution in [-0.4, -0.2) is 27.9 Å². The van der Waals surface area contributed by atoms with Crippen LogP contribution in [0.1, 0.15) is 52.5 Å². The lowest BCUT2D eigenvalue weighted by Gasteiger charge is -1.99. The molecule has 5 heteroatoms. The van der Waals surface area contributed by atoms with Gasteiger partial charge < -0.3 is 10.2 Å². The minimum absolute atomic E-state index is 0.00241. The summed E-state index contributed by atoms with van der Waals surface area (Å²) in [5.74, 6) is -1.94. The van der Waals surface area contributed by atoms with E-state index >= 15 is 0 Å². The number of carboxylic acid groups (broad SMARTS) is 2. The fourth-order valence-electron chi connectivity index (χ4n) is 1.57. The quantitative estimate of drug-likeness (QED) is 0.785. The molecule has 0 unspecified atom stereocenters. The van der Waals surface area contributed by atoms with Crippen LogP contribution < -0.4 is 0 Å². The van der Waals surface area contributed by atoms with E-state index in [9.17, 15) is 14.4 Å². The van der Waals surface area contributed by atoms with Gasteiger partial charge in [0.25, 0.3) is 0 Å². The lowest BCUT2D eigenvalue weighted by Crippen LogP contribution is -2.02. The van der Waals surface area contributed by atoms with Crippen molar-refractivity contribution in [2.45, 2.75) is 33.1 Å². The van der Waals surface area contributed by atoms with Gasteiger partial charge in [-0.1, -0.05) is 13.0 Å². The first kappa shape index (κ1) is 18.6. The number of carbonyl (C=O) groups excluding carboxylic acids is 1. The predicted molar refractivity (Wildman–Crippen MR) is 79.8 cm³/mol. The average molecular weight is 292 g/mol. The minimum Gasteiger partial charge on any atom is -0.478 e. The second kappa shape index (κ2) is 9.47. The van der Waals surface area contributed by atoms with Crippen LogP contribution in [0.15, 0.2) is 30.9 Å². The molecule has 5 nitrogen and oxygen atoms in total. The van der Waals surface area contributed by atoms with Gasteiger partial charge in [-0.3, -0.25) is 4.79 Å². The number of hydrogen-bond donors (Lipinski definition) is 2. The number of aromatic carboxylic acids is 2. The fourth-order valence-corrected chi connectivity index (χ4v) is 1.57. The van der Waals surface area contributed by atoms with E-state index in [0.29, 0.717) is 24.2 Å². The van der Waals surface area contributed by atoms with Crippen molar-refractivity contribution in [1.82, 2.24) is 0 Å². The summed E-state index contributed by atoms with van der Waals surface area (Å²) in [7, 11) is 0. The van der Waals surface area contributed by atoms with Crippen molar-refractivity contribution in [2.75, 3.05) is 0 Å². The van der Waals surface area contributed by atoms with E-state index in [4.69, 9.17) is 10.2 Å². The molecule has 1 aromatic carbocycles. The Bertz CT molecular complexity index is 499. The molecule has 0 aliphatic heterocycles. The van der Waals surface area contributed by atoms with Crippen molar-refractivity contribution in [1.29, 1.82) is 0 Å². The molecule has 114 valence electrons. The third-order valence-electron chi connectivity index (χ3n) is 2.47. The number of allylic oxidation sites excluding steroid dienone is 1. The SMILES string of the molecule is C=CCC(=O)CCC.Cc1cc(C(=O)O)cc(C(=O)O)c1. The third-order valence-corrected chi connectivity index (χ3v) is 2.47. The van der Waals surface area contributed by atoms with Crippen molar-refractivity contribution in [3.63, 3.8) is 0 Å². The molecule has 0 aliphatic carbocycles. The Morgan fingerprint density at radius 2 is 1.57 bits per heavy atom. The van der Waals surface area contributed by atoms with E-state index in [1.165, 1.54) is 12.1 Å². The van der Waals surface area contributed by atoms with E-state index in [0.717, 1.165) is 12.5 Å². The number of ketones is 1. The van der Waals surface area contributed by atoms with Crippen molar-refractivity contribution >= 4 is 17.7 Å². The van der Waals surface area contributed by atoms with Crippen molar-refractivity contribution in [3.05, 3.63) is 47.5 Å². The fraction of sp³-hybridized carbons (Fsp3) is 0.312. The van der Waals surface area contributed by atoms with Gasteiger partial charge >= 0.3 is 11.9 Å². The molecule has 0 atom stereocenters. The zero-order valence-electron chi connectivity index (χ0n) is 12.3. The molecule has 0 radical (unpaired) electrons. The smallest absolute Gasteiger partial charge is 0.335 e. The molecule has 0 saturated heterocycles. The molecule has 1 aromatic rings. The summed E-state index contributed by atoms with van der Waals surface area (Å²) >= 11 is 0. The lowest BCUT2D eigenvalue weighted by molar-refractivity contribution is -0.118. The highest BCUT2D eigenvalue weighted by Crippen LogP contribution is 2.09. The first-order valence-electron chi connectivity index (χ1n) is 6.52. The molecule has 0 amide bonds. The van der Waals surface area contributed by atoms with Gasteiger partial charge in [-0.25, -0.2) is 9.59 Å². The monoisotopic (exact) mass is 292 g/mol. The molecular formula is C16H20O5. The van der Waals surface area contributed by atoms with E-state index < -0.39 is 11.9 Å². The Balaban J connectivity index is 0.000000433. The van der Waals surface area contributed by atoms with Gasteiger partial charge in [-0.15, -0.1) is 6.58 Å². The Hall–Kier alpha value is -2.43. The number of Topliss-reactive ketones (excluding diaryl/α,β-unsaturated/α-hetero) is 1. The first-order chi connectivity index (χ1) is 9.81. The average Bonchev–Trinajstić information content (AvgIpc) is 2.39. The molecule has 0 aromatic heterocycles. The Kier molecular flexibility index (Phi) is 8.37. The van der Waals surface area contributed by atoms with Crippen LogP contribution in [0.2, 0.25) is 0 Å². The second-order valence-corrected chi connectivity index (χ2v) is 4.48. The lowest BCUT2D eigenvalue weighted by atomic mass is 10.1. The van der Waals surface area contributed by atoms with Gasteiger partial charge in [0.2, 0.25) is 0 Å². The Labute approximate surface area is 123 Å². The normalized spacial score (nSPS) is 9.24. The standard InChI is InChI=1S/C9H8O4.C7H12O/c1-5-2-6(8(10)11)4-7(3-5)9(12)13;1-3-5-7(8)6-4-2/h2-4H,1H3,(H,10,11)(H,12,13);3H,1,4-6H2,2H3. The van der Waals surface area contributed by atoms with Crippen LogP contribution in [0.4, 0.5) is 0 Å². The molecule has 2 N–H and O–H groups in total. The summed E-state index contributed by atoms with van der Waals surface area (Å²) in [6, 6.07) is 3.99. The van der Waals surface area contributed by atoms with Crippen LogP contribution >= 0.6 is 0 Å². The van der Waals surface area contributed by atoms with Crippen LogP contribution in [0.5, 0.6) is 0 Å². The molecule has 0 aliphatic rings. The van der Waals surface area contributed by atoms with Gasteiger partial charge in [-0.05, 0) is 37.1 Å². The summed E-state index contributed by atoms with van der Waals surface area (Å²) in [5, 5.41) is 17.2. The molecule has 0 fully saturated rings. The maximum Gasteiger partial charge on any atom is 0.335 e. The van der Waals surface area contributed by atoms with Crippen molar-refractivity contribution in [3.8, 4) is 0 Å². The number of aryl methyl sites for hydroxylation is 1. The largest absolute Gasteiger partial charge is 0.478 e. The van der Waals surface area contributed by atoms with Gasteiger partial charge in [0.05, 0.1) is 11.1 Å². The summed E-state index contributed by atoms with van der Waals surface area (Å²) in [4.78, 5) is 31.6. The van der Waals surface area contributed by atoms with Crippen molar-refractivity contribution in [2.24, 2.45) is 0 Å². The molecule has 0 heterocycles. The van der Waals surface area contributed by atoms with E-state index in [1.807, 2.05) is 6.92 Å². The van der Waals surface area contributed by atoms with Crippen LogP contribution in [-0.2, 0) is 4.79 Å². The summed E-state index contributed by atoms with van der Waals surface area (Å²) in [5.41, 5.74) is 0.618. The highest BCUT2D eigenvalue weighted by Gasteiger charge is 2.09. The number of carbonyl (C=O) groups is 3. The summed E-state index contributed by atoms with van der Waals surface area (Å²) in [6.07, 6.45) is 3.84. The van der Waals surface area contributed by atoms with Crippen molar-refractivity contribution < 1.29 is 24.6 Å². The predicted octanol–water partition coefficient (Wildman–Crippen LogP) is 3.32. The number of hydrogen-bond acceptors (Lipinski definition) is 3. The van der Waals surface area contributed by atoms with Crippen LogP contribution in [0.25, 0.3) is 0 Å². The molecule has 1 rings (SSSR count). The zero-order valence-corrected chi connectivity index (χ0v) is 12.3. The second-order valence-electron chi connectivity index (χ2n) is 4.48. The summed E-state index contributed by atoms with van der Waals surface area (Å²) in [6.45, 7) is 7.11. The number of benzene rings is 1. The van der Waals surface area contributed by atoms with Gasteiger partial charge in [0.1, 0.15) is 5.78 Å². The summed E-state index contributed by atoms with van der Waals surface area (Å²) < 4.78 is 0. The molecule has 0 spiro atoms. The zero-order chi connectivity index (χ0) is 16.4. The van der Waals surface area contributed by atoms with Gasteiger partial charge in [-0.2, -0.15) is 0 Å². The van der Waals surface area contributed by atoms with E-state index in [1.54, 1.807) is 13.0 Å². The highest BCUT2D eigenvalue weighted by molar-refractivity contribution is 5.94. The van der Waals surface area contributed by atoms with Crippen LogP contribution in [0.3, 0.4) is 0 Å². The minimum atomic E-state index is -1.12. The topological polar surface area (TPSA) is 91.7 Å². The first-order valence-corrected chi connectivity index (χ1v) is 6.52. The molecule has 0 saturated carbocycles. The number of rotatable bonds is 6. The maximum absolute atomic E-state index is 10.6. The van der Waals surface area contributed by atoms with Crippen LogP contribution in [0, 0.1) is 6.92 Å². The maximum atomic E-state index is 10.6. The molecular weight excluding hydrogens is 272 g/mol. The molecule has 0 bridgehead atoms. The number of carboxylic acids is 2. The van der Waals surface area contributed by atoms with Gasteiger partial charge in [0, 0.05) is 12.8 Å². The van der Waals surface area contributed by atoms with E-state index in [-0.39, 0.29) is 11.1 Å². The third kappa shape index (κ3) is 7.67. The Morgan fingerprint density at radius 1 is 1.10 bits per heavy atom. The molecule has 21 heavy (non-hydrogen) atoms. The van der Waals surface area contributed by atoms with E-state index in [2.05, 4.69) is 6.58 Å².